The molecule has 0 aliphatic carbocycles. The van der Waals surface area contributed by atoms with Gasteiger partial charge in [-0.2, -0.15) is 0 Å². The number of unbranched alkanes of at least 4 members (excludes halogenated alkanes) is 1. The zero-order valence-electron chi connectivity index (χ0n) is 26.0. The zero-order chi connectivity index (χ0) is 31.3. The van der Waals surface area contributed by atoms with E-state index in [4.69, 9.17) is 4.74 Å². The molecule has 0 fully saturated rings. The number of nitrogens with zero attached hydrogens (tertiary/aromatic N) is 4. The summed E-state index contributed by atoms with van der Waals surface area (Å²) >= 11 is 0. The number of ether oxygens (including phenoxy) is 1. The number of carbonyl (C=O) groups is 2. The summed E-state index contributed by atoms with van der Waals surface area (Å²) in [4.78, 5) is 46.6. The Labute approximate surface area is 258 Å². The highest BCUT2D eigenvalue weighted by atomic mass is 16.5. The summed E-state index contributed by atoms with van der Waals surface area (Å²) in [7, 11) is 1.71. The molecule has 0 saturated heterocycles. The van der Waals surface area contributed by atoms with Crippen LogP contribution in [0.3, 0.4) is 0 Å². The highest BCUT2D eigenvalue weighted by Gasteiger charge is 2.45. The summed E-state index contributed by atoms with van der Waals surface area (Å²) in [6, 6.07) is 19.3. The van der Waals surface area contributed by atoms with Crippen molar-refractivity contribution in [2.24, 2.45) is 5.41 Å². The molecule has 0 spiro atoms. The van der Waals surface area contributed by atoms with Crippen LogP contribution in [0.15, 0.2) is 84.0 Å². The fourth-order valence-electron chi connectivity index (χ4n) is 5.82. The average Bonchev–Trinajstić information content (AvgIpc) is 3.09. The van der Waals surface area contributed by atoms with Gasteiger partial charge in [0.1, 0.15) is 11.2 Å². The number of carbonyl (C=O) groups excluding carboxylic acids is 2. The fraction of sp³-hybridized carbons (Fsp3) is 0.371. The Morgan fingerprint density at radius 3 is 2.48 bits per heavy atom. The second-order valence-electron chi connectivity index (χ2n) is 11.7. The van der Waals surface area contributed by atoms with Gasteiger partial charge >= 0.3 is 0 Å². The van der Waals surface area contributed by atoms with Gasteiger partial charge < -0.3 is 24.4 Å². The Bertz CT molecular complexity index is 1680. The number of hydrogen-bond acceptors (Lipinski definition) is 6. The van der Waals surface area contributed by atoms with Gasteiger partial charge in [0.25, 0.3) is 5.56 Å². The molecule has 3 heterocycles. The van der Waals surface area contributed by atoms with E-state index >= 15 is 0 Å². The third-order valence-electron chi connectivity index (χ3n) is 8.42. The first-order valence-corrected chi connectivity index (χ1v) is 15.3. The van der Waals surface area contributed by atoms with Crippen molar-refractivity contribution in [3.8, 4) is 5.75 Å². The van der Waals surface area contributed by atoms with Crippen molar-refractivity contribution in [2.75, 3.05) is 36.5 Å². The number of benzene rings is 2. The third kappa shape index (κ3) is 6.38. The number of nitrogens with one attached hydrogen (secondary N) is 1. The molecule has 1 atom stereocenters. The van der Waals surface area contributed by atoms with E-state index in [1.807, 2.05) is 73.8 Å². The van der Waals surface area contributed by atoms with Crippen LogP contribution in [0.1, 0.15) is 51.6 Å². The smallest absolute Gasteiger partial charge is 0.258 e. The van der Waals surface area contributed by atoms with Gasteiger partial charge in [0, 0.05) is 56.2 Å². The molecular formula is C35H41N5O4. The molecule has 0 saturated carbocycles. The molecule has 1 unspecified atom stereocenters. The van der Waals surface area contributed by atoms with Crippen molar-refractivity contribution in [3.05, 3.63) is 95.2 Å². The van der Waals surface area contributed by atoms with Crippen molar-refractivity contribution in [2.45, 2.75) is 52.6 Å². The molecule has 230 valence electrons. The summed E-state index contributed by atoms with van der Waals surface area (Å²) in [5, 5.41) is 5.35. The van der Waals surface area contributed by atoms with Gasteiger partial charge in [0.15, 0.2) is 0 Å². The molecule has 2 amide bonds. The minimum atomic E-state index is -1.14. The van der Waals surface area contributed by atoms with Crippen LogP contribution in [-0.4, -0.2) is 48.1 Å². The molecule has 2 aromatic heterocycles. The van der Waals surface area contributed by atoms with Crippen molar-refractivity contribution in [3.63, 3.8) is 0 Å². The molecule has 0 radical (unpaired) electrons. The molecule has 1 N–H and O–H groups in total. The maximum Gasteiger partial charge on any atom is 0.258 e. The largest absolute Gasteiger partial charge is 0.494 e. The summed E-state index contributed by atoms with van der Waals surface area (Å²) in [5.41, 5.74) is 1.40. The minimum absolute atomic E-state index is 0.0276. The van der Waals surface area contributed by atoms with E-state index in [9.17, 15) is 14.4 Å². The summed E-state index contributed by atoms with van der Waals surface area (Å²) in [6.07, 6.45) is 7.95. The molecule has 44 heavy (non-hydrogen) atoms. The summed E-state index contributed by atoms with van der Waals surface area (Å²) in [6.45, 7) is 7.64. The average molecular weight is 596 g/mol. The lowest BCUT2D eigenvalue weighted by atomic mass is 9.90. The SMILES string of the molecule is CCN1C(=O)C(C)(C)C(=O)N(C)c2cc(OCCCCNC(CCn3ccc4ccccc4c3=O)c3ccncc3)ccc21. The quantitative estimate of drug-likeness (QED) is 0.176. The maximum absolute atomic E-state index is 13.1. The predicted molar refractivity (Wildman–Crippen MR) is 174 cm³/mol. The molecule has 2 aromatic carbocycles. The van der Waals surface area contributed by atoms with Gasteiger partial charge in [-0.25, -0.2) is 0 Å². The highest BCUT2D eigenvalue weighted by molar-refractivity contribution is 6.20. The normalized spacial score (nSPS) is 15.3. The van der Waals surface area contributed by atoms with Gasteiger partial charge in [0.05, 0.1) is 18.0 Å². The number of hydrogen-bond donors (Lipinski definition) is 1. The topological polar surface area (TPSA) is 96.8 Å². The van der Waals surface area contributed by atoms with Crippen LogP contribution >= 0.6 is 0 Å². The Morgan fingerprint density at radius 2 is 1.70 bits per heavy atom. The monoisotopic (exact) mass is 595 g/mol. The Balaban J connectivity index is 1.17. The maximum atomic E-state index is 13.1. The Kier molecular flexibility index (Phi) is 9.44. The second-order valence-corrected chi connectivity index (χ2v) is 11.7. The van der Waals surface area contributed by atoms with Crippen LogP contribution in [0.4, 0.5) is 11.4 Å². The van der Waals surface area contributed by atoms with Crippen LogP contribution in [-0.2, 0) is 16.1 Å². The number of aromatic nitrogens is 2. The Hall–Kier alpha value is -4.50. The lowest BCUT2D eigenvalue weighted by Crippen LogP contribution is -2.47. The van der Waals surface area contributed by atoms with E-state index in [0.29, 0.717) is 36.8 Å². The van der Waals surface area contributed by atoms with E-state index in [-0.39, 0.29) is 23.4 Å². The zero-order valence-corrected chi connectivity index (χ0v) is 26.0. The first kappa shape index (κ1) is 30.9. The summed E-state index contributed by atoms with van der Waals surface area (Å²) in [5.74, 6) is 0.221. The number of anilines is 2. The van der Waals surface area contributed by atoms with Crippen LogP contribution in [0.5, 0.6) is 5.75 Å². The minimum Gasteiger partial charge on any atom is -0.494 e. The molecule has 0 bridgehead atoms. The van der Waals surface area contributed by atoms with Gasteiger partial charge in [-0.3, -0.25) is 19.4 Å². The fourth-order valence-corrected chi connectivity index (χ4v) is 5.82. The van der Waals surface area contributed by atoms with Gasteiger partial charge in [-0.15, -0.1) is 0 Å². The highest BCUT2D eigenvalue weighted by Crippen LogP contribution is 2.40. The number of fused-ring (bicyclic) bond motifs is 2. The van der Waals surface area contributed by atoms with Crippen molar-refractivity contribution >= 4 is 34.0 Å². The lowest BCUT2D eigenvalue weighted by Gasteiger charge is -2.27. The second kappa shape index (κ2) is 13.4. The first-order valence-electron chi connectivity index (χ1n) is 15.3. The van der Waals surface area contributed by atoms with Crippen LogP contribution < -0.4 is 25.4 Å². The molecule has 4 aromatic rings. The van der Waals surface area contributed by atoms with E-state index in [0.717, 1.165) is 42.1 Å². The van der Waals surface area contributed by atoms with E-state index in [2.05, 4.69) is 10.3 Å². The molecule has 5 rings (SSSR count). The van der Waals surface area contributed by atoms with Crippen LogP contribution in [0, 0.1) is 5.41 Å². The molecule has 9 heteroatoms. The molecule has 1 aliphatic rings. The molecule has 1 aliphatic heterocycles. The lowest BCUT2D eigenvalue weighted by molar-refractivity contribution is -0.137. The van der Waals surface area contributed by atoms with Gasteiger partial charge in [0.2, 0.25) is 11.8 Å². The third-order valence-corrected chi connectivity index (χ3v) is 8.42. The molecular weight excluding hydrogens is 554 g/mol. The standard InChI is InChI=1S/C35H41N5O4/c1-5-40-30-13-12-27(24-31(30)38(4)33(42)35(2,3)34(40)43)44-23-9-8-18-37-29(26-14-19-36-20-15-26)17-22-39-21-16-25-10-6-7-11-28(25)32(39)41/h6-7,10-16,19-21,24,29,37H,5,8-9,17-18,22-23H2,1-4H3. The molecule has 9 nitrogen and oxygen atoms in total. The first-order chi connectivity index (χ1) is 21.2. The van der Waals surface area contributed by atoms with E-state index < -0.39 is 5.41 Å². The number of pyridine rings is 2. The number of aryl methyl sites for hydroxylation is 1. The predicted octanol–water partition coefficient (Wildman–Crippen LogP) is 5.33. The van der Waals surface area contributed by atoms with E-state index in [1.165, 1.54) is 0 Å². The van der Waals surface area contributed by atoms with Crippen molar-refractivity contribution < 1.29 is 14.3 Å². The van der Waals surface area contributed by atoms with Crippen LogP contribution in [0.2, 0.25) is 0 Å². The number of amides is 2. The van der Waals surface area contributed by atoms with Gasteiger partial charge in [-0.05, 0) is 93.9 Å². The van der Waals surface area contributed by atoms with Crippen molar-refractivity contribution in [1.29, 1.82) is 0 Å². The van der Waals surface area contributed by atoms with Crippen LogP contribution in [0.25, 0.3) is 10.8 Å². The summed E-state index contributed by atoms with van der Waals surface area (Å²) < 4.78 is 7.86. The number of rotatable bonds is 12. The van der Waals surface area contributed by atoms with Crippen molar-refractivity contribution in [1.82, 2.24) is 14.9 Å². The van der Waals surface area contributed by atoms with Gasteiger partial charge in [-0.1, -0.05) is 18.2 Å². The van der Waals surface area contributed by atoms with E-state index in [1.54, 1.807) is 47.7 Å². The Morgan fingerprint density at radius 1 is 0.932 bits per heavy atom.